The van der Waals surface area contributed by atoms with E-state index in [2.05, 4.69) is 10.1 Å². The number of ether oxygens (including phenoxy) is 1. The molecule has 2 heterocycles. The molecule has 0 saturated carbocycles. The van der Waals surface area contributed by atoms with Crippen LogP contribution in [0, 0.1) is 0 Å². The minimum absolute atomic E-state index is 0.231. The lowest BCUT2D eigenvalue weighted by molar-refractivity contribution is -0.145. The number of likely N-dealkylation sites (tertiary alicyclic amines) is 1. The lowest BCUT2D eigenvalue weighted by atomic mass is 10.1. The first-order valence-electron chi connectivity index (χ1n) is 8.13. The second-order valence-electron chi connectivity index (χ2n) is 5.81. The topological polar surface area (TPSA) is 81.1 Å². The average Bonchev–Trinajstić information content (AvgIpc) is 3.12. The van der Waals surface area contributed by atoms with Gasteiger partial charge in [-0.15, -0.1) is 0 Å². The van der Waals surface area contributed by atoms with Gasteiger partial charge in [0.15, 0.2) is 0 Å². The quantitative estimate of drug-likeness (QED) is 0.621. The Morgan fingerprint density at radius 2 is 1.92 bits per heavy atom. The number of aromatic nitrogens is 1. The van der Waals surface area contributed by atoms with Crippen molar-refractivity contribution < 1.29 is 19.2 Å². The van der Waals surface area contributed by atoms with E-state index in [1.807, 2.05) is 30.3 Å². The molecule has 1 aliphatic heterocycles. The Morgan fingerprint density at radius 1 is 1.15 bits per heavy atom. The fraction of sp³-hybridized carbons (Fsp3) is 0.263. The Kier molecular flexibility index (Phi) is 5.26. The predicted octanol–water partition coefficient (Wildman–Crippen LogP) is 2.14. The first-order chi connectivity index (χ1) is 12.6. The van der Waals surface area contributed by atoms with Crippen molar-refractivity contribution in [1.82, 2.24) is 9.88 Å². The molecular formula is C19H19N3O4. The first kappa shape index (κ1) is 17.6. The summed E-state index contributed by atoms with van der Waals surface area (Å²) >= 11 is 0. The average molecular weight is 353 g/mol. The second kappa shape index (κ2) is 7.77. The van der Waals surface area contributed by atoms with Gasteiger partial charge < -0.3 is 14.5 Å². The molecule has 1 aromatic carbocycles. The SMILES string of the molecule is CO/N=C1/C[C@@H](C(=O)OC)N(C(=O)c2ccc(-c3ccccn3)cc2)C1. The maximum absolute atomic E-state index is 12.9. The van der Waals surface area contributed by atoms with E-state index in [1.165, 1.54) is 19.1 Å². The number of esters is 1. The highest BCUT2D eigenvalue weighted by Crippen LogP contribution is 2.22. The third-order valence-corrected chi connectivity index (χ3v) is 4.21. The van der Waals surface area contributed by atoms with Crippen LogP contribution in [0.1, 0.15) is 16.8 Å². The van der Waals surface area contributed by atoms with Crippen molar-refractivity contribution in [3.05, 3.63) is 54.2 Å². The van der Waals surface area contributed by atoms with Crippen molar-refractivity contribution in [3.8, 4) is 11.3 Å². The molecule has 1 amide bonds. The smallest absolute Gasteiger partial charge is 0.329 e. The highest BCUT2D eigenvalue weighted by Gasteiger charge is 2.39. The van der Waals surface area contributed by atoms with Gasteiger partial charge in [-0.1, -0.05) is 23.4 Å². The number of amides is 1. The molecule has 1 aliphatic rings. The summed E-state index contributed by atoms with van der Waals surface area (Å²) in [5.74, 6) is -0.723. The monoisotopic (exact) mass is 353 g/mol. The standard InChI is InChI=1S/C19H19N3O4/c1-25-19(24)17-11-15(21-26-2)12-22(17)18(23)14-8-6-13(7-9-14)16-5-3-4-10-20-16/h3-10,17H,11-12H2,1-2H3/b21-15-/t17-/m0/s1. The summed E-state index contributed by atoms with van der Waals surface area (Å²) in [6.07, 6.45) is 2.02. The number of carbonyl (C=O) groups excluding carboxylic acids is 2. The summed E-state index contributed by atoms with van der Waals surface area (Å²) in [4.78, 5) is 35.4. The Balaban J connectivity index is 1.83. The third kappa shape index (κ3) is 3.56. The summed E-state index contributed by atoms with van der Waals surface area (Å²) in [7, 11) is 2.74. The van der Waals surface area contributed by atoms with E-state index >= 15 is 0 Å². The molecule has 0 spiro atoms. The molecular weight excluding hydrogens is 334 g/mol. The summed E-state index contributed by atoms with van der Waals surface area (Å²) < 4.78 is 4.82. The molecule has 0 N–H and O–H groups in total. The van der Waals surface area contributed by atoms with E-state index in [0.29, 0.717) is 17.7 Å². The summed E-state index contributed by atoms with van der Waals surface area (Å²) in [6, 6.07) is 12.1. The molecule has 134 valence electrons. The van der Waals surface area contributed by atoms with Gasteiger partial charge >= 0.3 is 5.97 Å². The molecule has 7 heteroatoms. The highest BCUT2D eigenvalue weighted by molar-refractivity contribution is 6.04. The van der Waals surface area contributed by atoms with Crippen LogP contribution in [-0.2, 0) is 14.4 Å². The van der Waals surface area contributed by atoms with Gasteiger partial charge in [0, 0.05) is 23.7 Å². The zero-order chi connectivity index (χ0) is 18.5. The molecule has 0 aliphatic carbocycles. The van der Waals surface area contributed by atoms with E-state index in [-0.39, 0.29) is 12.5 Å². The number of nitrogens with zero attached hydrogens (tertiary/aromatic N) is 3. The van der Waals surface area contributed by atoms with Crippen molar-refractivity contribution in [2.24, 2.45) is 5.16 Å². The van der Waals surface area contributed by atoms with E-state index in [4.69, 9.17) is 9.57 Å². The van der Waals surface area contributed by atoms with Crippen molar-refractivity contribution in [3.63, 3.8) is 0 Å². The van der Waals surface area contributed by atoms with Crippen LogP contribution < -0.4 is 0 Å². The van der Waals surface area contributed by atoms with E-state index in [9.17, 15) is 9.59 Å². The number of methoxy groups -OCH3 is 1. The number of carbonyl (C=O) groups is 2. The van der Waals surface area contributed by atoms with Crippen molar-refractivity contribution >= 4 is 17.6 Å². The number of hydrogen-bond acceptors (Lipinski definition) is 6. The van der Waals surface area contributed by atoms with Crippen LogP contribution in [0.15, 0.2) is 53.8 Å². The van der Waals surface area contributed by atoms with Crippen LogP contribution in [0.2, 0.25) is 0 Å². The van der Waals surface area contributed by atoms with Gasteiger partial charge in [0.1, 0.15) is 13.2 Å². The lowest BCUT2D eigenvalue weighted by Gasteiger charge is -2.22. The normalized spacial score (nSPS) is 18.0. The molecule has 26 heavy (non-hydrogen) atoms. The highest BCUT2D eigenvalue weighted by atomic mass is 16.6. The molecule has 0 bridgehead atoms. The maximum Gasteiger partial charge on any atom is 0.329 e. The van der Waals surface area contributed by atoms with Gasteiger partial charge in [-0.25, -0.2) is 4.79 Å². The minimum atomic E-state index is -0.697. The molecule has 1 atom stereocenters. The van der Waals surface area contributed by atoms with Crippen LogP contribution >= 0.6 is 0 Å². The van der Waals surface area contributed by atoms with Gasteiger partial charge in [-0.05, 0) is 24.3 Å². The molecule has 1 aromatic heterocycles. The summed E-state index contributed by atoms with van der Waals surface area (Å²) in [5.41, 5.74) is 2.85. The van der Waals surface area contributed by atoms with Crippen LogP contribution in [0.25, 0.3) is 11.3 Å². The van der Waals surface area contributed by atoms with Crippen molar-refractivity contribution in [2.75, 3.05) is 20.8 Å². The third-order valence-electron chi connectivity index (χ3n) is 4.21. The summed E-state index contributed by atoms with van der Waals surface area (Å²) in [6.45, 7) is 0.231. The molecule has 0 unspecified atom stereocenters. The molecule has 0 radical (unpaired) electrons. The van der Waals surface area contributed by atoms with Crippen molar-refractivity contribution in [2.45, 2.75) is 12.5 Å². The number of oxime groups is 1. The van der Waals surface area contributed by atoms with Crippen LogP contribution in [0.3, 0.4) is 0 Å². The van der Waals surface area contributed by atoms with Gasteiger partial charge in [-0.2, -0.15) is 0 Å². The van der Waals surface area contributed by atoms with Crippen LogP contribution in [0.5, 0.6) is 0 Å². The predicted molar refractivity (Wildman–Crippen MR) is 95.6 cm³/mol. The molecule has 1 saturated heterocycles. The molecule has 1 fully saturated rings. The largest absolute Gasteiger partial charge is 0.467 e. The second-order valence-corrected chi connectivity index (χ2v) is 5.81. The number of benzene rings is 1. The lowest BCUT2D eigenvalue weighted by Crippen LogP contribution is -2.41. The molecule has 7 nitrogen and oxygen atoms in total. The zero-order valence-electron chi connectivity index (χ0n) is 14.6. The number of pyridine rings is 1. The number of hydrogen-bond donors (Lipinski definition) is 0. The Bertz CT molecular complexity index is 818. The van der Waals surface area contributed by atoms with E-state index < -0.39 is 12.0 Å². The van der Waals surface area contributed by atoms with E-state index in [1.54, 1.807) is 18.3 Å². The Hall–Kier alpha value is -3.22. The molecule has 3 rings (SSSR count). The van der Waals surface area contributed by atoms with Gasteiger partial charge in [0.25, 0.3) is 5.91 Å². The van der Waals surface area contributed by atoms with Gasteiger partial charge in [-0.3, -0.25) is 9.78 Å². The Morgan fingerprint density at radius 3 is 2.54 bits per heavy atom. The minimum Gasteiger partial charge on any atom is -0.467 e. The zero-order valence-corrected chi connectivity index (χ0v) is 14.6. The fourth-order valence-electron chi connectivity index (χ4n) is 2.94. The van der Waals surface area contributed by atoms with Crippen molar-refractivity contribution in [1.29, 1.82) is 0 Å². The van der Waals surface area contributed by atoms with Gasteiger partial charge in [0.05, 0.1) is 25.1 Å². The van der Waals surface area contributed by atoms with Gasteiger partial charge in [0.2, 0.25) is 0 Å². The van der Waals surface area contributed by atoms with Crippen LogP contribution in [0.4, 0.5) is 0 Å². The first-order valence-corrected chi connectivity index (χ1v) is 8.13. The number of rotatable bonds is 4. The van der Waals surface area contributed by atoms with E-state index in [0.717, 1.165) is 11.3 Å². The molecule has 2 aromatic rings. The van der Waals surface area contributed by atoms with Crippen LogP contribution in [-0.4, -0.2) is 54.3 Å². The fourth-order valence-corrected chi connectivity index (χ4v) is 2.94. The maximum atomic E-state index is 12.9. The summed E-state index contributed by atoms with van der Waals surface area (Å²) in [5, 5.41) is 3.88. The Labute approximate surface area is 151 Å².